The summed E-state index contributed by atoms with van der Waals surface area (Å²) in [5.74, 6) is -3.18. The Labute approximate surface area is 169 Å². The molecule has 1 fully saturated rings. The summed E-state index contributed by atoms with van der Waals surface area (Å²) in [6, 6.07) is 5.11. The van der Waals surface area contributed by atoms with E-state index < -0.39 is 23.3 Å². The quantitative estimate of drug-likeness (QED) is 0.281. The fraction of sp³-hybridized carbons (Fsp3) is 0.440. The molecule has 0 saturated heterocycles. The Kier molecular flexibility index (Phi) is 5.80. The van der Waals surface area contributed by atoms with Crippen molar-refractivity contribution in [1.29, 1.82) is 0 Å². The molecule has 0 radical (unpaired) electrons. The highest BCUT2D eigenvalue weighted by Crippen LogP contribution is 2.39. The zero-order chi connectivity index (χ0) is 20.5. The van der Waals surface area contributed by atoms with Crippen LogP contribution in [-0.2, 0) is 12.8 Å². The largest absolute Gasteiger partial charge is 0.206 e. The molecular formula is C25H26F4. The monoisotopic (exact) mass is 402 g/mol. The summed E-state index contributed by atoms with van der Waals surface area (Å²) in [6.45, 7) is 2.24. The van der Waals surface area contributed by atoms with E-state index in [0.29, 0.717) is 17.9 Å². The Hall–Kier alpha value is -2.10. The molecule has 154 valence electrons. The summed E-state index contributed by atoms with van der Waals surface area (Å²) in [6.07, 6.45) is 10.9. The second-order valence-electron chi connectivity index (χ2n) is 8.48. The van der Waals surface area contributed by atoms with E-state index in [1.165, 1.54) is 44.1 Å². The highest BCUT2D eigenvalue weighted by molar-refractivity contribution is 5.67. The summed E-state index contributed by atoms with van der Waals surface area (Å²) < 4.78 is 55.5. The van der Waals surface area contributed by atoms with Crippen molar-refractivity contribution in [3.63, 3.8) is 0 Å². The molecule has 0 spiro atoms. The van der Waals surface area contributed by atoms with Crippen LogP contribution in [0.1, 0.15) is 56.6 Å². The maximum Gasteiger partial charge on any atom is 0.194 e. The van der Waals surface area contributed by atoms with E-state index in [4.69, 9.17) is 0 Å². The van der Waals surface area contributed by atoms with Crippen LogP contribution in [0.5, 0.6) is 0 Å². The Bertz CT molecular complexity index is 913. The van der Waals surface area contributed by atoms with Crippen LogP contribution in [0.2, 0.25) is 0 Å². The summed E-state index contributed by atoms with van der Waals surface area (Å²) in [5.41, 5.74) is 3.06. The Balaban J connectivity index is 1.55. The van der Waals surface area contributed by atoms with Crippen LogP contribution < -0.4 is 0 Å². The van der Waals surface area contributed by atoms with Gasteiger partial charge in [-0.25, -0.2) is 17.6 Å². The molecule has 0 unspecified atom stereocenters. The molecule has 2 aromatic rings. The van der Waals surface area contributed by atoms with Crippen molar-refractivity contribution in [2.75, 3.05) is 0 Å². The number of benzene rings is 2. The third-order valence-corrected chi connectivity index (χ3v) is 6.67. The van der Waals surface area contributed by atoms with Crippen LogP contribution in [0.15, 0.2) is 35.9 Å². The molecule has 29 heavy (non-hydrogen) atoms. The first-order valence-corrected chi connectivity index (χ1v) is 10.6. The second-order valence-corrected chi connectivity index (χ2v) is 8.48. The number of hydrogen-bond donors (Lipinski definition) is 0. The predicted octanol–water partition coefficient (Wildman–Crippen LogP) is 7.54. The number of rotatable bonds is 4. The van der Waals surface area contributed by atoms with Crippen LogP contribution in [0.4, 0.5) is 17.6 Å². The number of halogens is 4. The van der Waals surface area contributed by atoms with Crippen LogP contribution in [-0.4, -0.2) is 0 Å². The summed E-state index contributed by atoms with van der Waals surface area (Å²) in [7, 11) is 0. The minimum atomic E-state index is -1.53. The Morgan fingerprint density at radius 2 is 1.59 bits per heavy atom. The maximum atomic E-state index is 15.1. The van der Waals surface area contributed by atoms with Crippen molar-refractivity contribution in [1.82, 2.24) is 0 Å². The van der Waals surface area contributed by atoms with Crippen molar-refractivity contribution in [3.8, 4) is 11.1 Å². The van der Waals surface area contributed by atoms with E-state index >= 15 is 4.39 Å². The lowest BCUT2D eigenvalue weighted by Crippen LogP contribution is -2.19. The third-order valence-electron chi connectivity index (χ3n) is 6.67. The van der Waals surface area contributed by atoms with Crippen LogP contribution in [0.3, 0.4) is 0 Å². The van der Waals surface area contributed by atoms with E-state index in [-0.39, 0.29) is 11.1 Å². The van der Waals surface area contributed by atoms with Crippen molar-refractivity contribution in [3.05, 3.63) is 70.3 Å². The molecule has 4 rings (SSSR count). The molecule has 1 saturated carbocycles. The molecule has 0 aliphatic heterocycles. The lowest BCUT2D eigenvalue weighted by molar-refractivity contribution is 0.283. The van der Waals surface area contributed by atoms with E-state index in [0.717, 1.165) is 30.0 Å². The molecule has 0 aromatic heterocycles. The van der Waals surface area contributed by atoms with Gasteiger partial charge in [0.1, 0.15) is 5.82 Å². The molecule has 0 N–H and O–H groups in total. The van der Waals surface area contributed by atoms with Crippen LogP contribution in [0, 0.1) is 35.1 Å². The summed E-state index contributed by atoms with van der Waals surface area (Å²) >= 11 is 0. The minimum absolute atomic E-state index is 0.0192. The van der Waals surface area contributed by atoms with Crippen LogP contribution in [0.25, 0.3) is 11.1 Å². The molecule has 2 aliphatic carbocycles. The first-order valence-electron chi connectivity index (χ1n) is 10.6. The van der Waals surface area contributed by atoms with E-state index in [1.807, 2.05) is 6.07 Å². The van der Waals surface area contributed by atoms with Crippen LogP contribution >= 0.6 is 0 Å². The van der Waals surface area contributed by atoms with Gasteiger partial charge in [-0.3, -0.25) is 0 Å². The van der Waals surface area contributed by atoms with E-state index in [1.54, 1.807) is 6.07 Å². The van der Waals surface area contributed by atoms with Gasteiger partial charge >= 0.3 is 0 Å². The molecule has 0 amide bonds. The molecule has 0 bridgehead atoms. The number of allylic oxidation sites excluding steroid dienone is 2. The minimum Gasteiger partial charge on any atom is -0.206 e. The zero-order valence-electron chi connectivity index (χ0n) is 16.7. The van der Waals surface area contributed by atoms with Gasteiger partial charge in [0.15, 0.2) is 17.5 Å². The second kappa shape index (κ2) is 8.33. The van der Waals surface area contributed by atoms with Gasteiger partial charge in [0.25, 0.3) is 0 Å². The smallest absolute Gasteiger partial charge is 0.194 e. The molecule has 0 atom stereocenters. The van der Waals surface area contributed by atoms with Gasteiger partial charge in [-0.1, -0.05) is 43.5 Å². The van der Waals surface area contributed by atoms with Crippen molar-refractivity contribution in [2.24, 2.45) is 11.8 Å². The Morgan fingerprint density at radius 1 is 0.897 bits per heavy atom. The fourth-order valence-electron chi connectivity index (χ4n) is 5.05. The predicted molar refractivity (Wildman–Crippen MR) is 108 cm³/mol. The zero-order valence-corrected chi connectivity index (χ0v) is 16.7. The van der Waals surface area contributed by atoms with Gasteiger partial charge < -0.3 is 0 Å². The van der Waals surface area contributed by atoms with Gasteiger partial charge in [0, 0.05) is 5.56 Å². The molecule has 0 heterocycles. The van der Waals surface area contributed by atoms with E-state index in [2.05, 4.69) is 13.0 Å². The van der Waals surface area contributed by atoms with Gasteiger partial charge in [0.2, 0.25) is 0 Å². The molecule has 2 aliphatic rings. The maximum absolute atomic E-state index is 15.1. The van der Waals surface area contributed by atoms with Gasteiger partial charge in [-0.2, -0.15) is 0 Å². The SMILES string of the molecule is CCCC1CCC(C2=CCc3c(ccc(-c4cc(F)c(F)c(F)c4)c3F)C2)CC1. The first-order chi connectivity index (χ1) is 14.0. The Morgan fingerprint density at radius 3 is 2.24 bits per heavy atom. The van der Waals surface area contributed by atoms with Gasteiger partial charge in [0.05, 0.1) is 0 Å². The first kappa shape index (κ1) is 20.2. The third kappa shape index (κ3) is 3.99. The van der Waals surface area contributed by atoms with Crippen molar-refractivity contribution >= 4 is 0 Å². The average Bonchev–Trinajstić information content (AvgIpc) is 2.72. The fourth-order valence-corrected chi connectivity index (χ4v) is 5.05. The molecule has 4 heteroatoms. The molecule has 0 nitrogen and oxygen atoms in total. The summed E-state index contributed by atoms with van der Waals surface area (Å²) in [5, 5.41) is 0. The lowest BCUT2D eigenvalue weighted by atomic mass is 9.74. The number of fused-ring (bicyclic) bond motifs is 1. The van der Waals surface area contributed by atoms with Crippen molar-refractivity contribution < 1.29 is 17.6 Å². The normalized spacial score (nSPS) is 21.6. The standard InChI is InChI=1S/C25H26F4/c1-2-3-15-4-6-16(7-5-15)17-8-10-20-18(12-17)9-11-21(24(20)28)19-13-22(26)25(29)23(27)14-19/h8-9,11,13-16H,2-7,10,12H2,1H3. The van der Waals surface area contributed by atoms with E-state index in [9.17, 15) is 13.2 Å². The molecule has 2 aromatic carbocycles. The average molecular weight is 402 g/mol. The highest BCUT2D eigenvalue weighted by Gasteiger charge is 2.27. The molecular weight excluding hydrogens is 376 g/mol. The topological polar surface area (TPSA) is 0 Å². The summed E-state index contributed by atoms with van der Waals surface area (Å²) in [4.78, 5) is 0. The highest BCUT2D eigenvalue weighted by atomic mass is 19.2. The number of hydrogen-bond acceptors (Lipinski definition) is 0. The van der Waals surface area contributed by atoms with Gasteiger partial charge in [-0.05, 0) is 79.2 Å². The lowest BCUT2D eigenvalue weighted by Gasteiger charge is -2.32. The van der Waals surface area contributed by atoms with Gasteiger partial charge in [-0.15, -0.1) is 0 Å². The van der Waals surface area contributed by atoms with Crippen molar-refractivity contribution in [2.45, 2.75) is 58.3 Å².